The van der Waals surface area contributed by atoms with Crippen molar-refractivity contribution in [1.29, 1.82) is 0 Å². The van der Waals surface area contributed by atoms with Crippen LogP contribution in [0, 0.1) is 0 Å². The number of hydrogen-bond donors (Lipinski definition) is 0. The first-order valence-electron chi connectivity index (χ1n) is 4.97. The number of esters is 1. The lowest BCUT2D eigenvalue weighted by molar-refractivity contribution is -0.129. The van der Waals surface area contributed by atoms with E-state index in [2.05, 4.69) is 0 Å². The molecule has 0 aliphatic heterocycles. The molecule has 1 rings (SSSR count). The van der Waals surface area contributed by atoms with Crippen LogP contribution in [0.5, 0.6) is 5.75 Å². The van der Waals surface area contributed by atoms with Crippen LogP contribution in [0.3, 0.4) is 0 Å². The zero-order chi connectivity index (χ0) is 12.1. The van der Waals surface area contributed by atoms with Gasteiger partial charge in [0.15, 0.2) is 5.78 Å². The number of benzene rings is 1. The first kappa shape index (κ1) is 12.2. The van der Waals surface area contributed by atoms with Crippen molar-refractivity contribution in [2.75, 3.05) is 0 Å². The molecule has 3 heteroatoms. The van der Waals surface area contributed by atoms with E-state index in [0.29, 0.717) is 11.3 Å². The standard InChI is InChI=1S/C13H14O3/c1-9(2)8-13(15)16-12-7-5-4-6-11(12)10(3)14/h4-8H,1-3H3. The van der Waals surface area contributed by atoms with Crippen LogP contribution in [0.15, 0.2) is 35.9 Å². The molecule has 84 valence electrons. The van der Waals surface area contributed by atoms with Gasteiger partial charge in [0.2, 0.25) is 0 Å². The molecule has 0 bridgehead atoms. The Morgan fingerprint density at radius 3 is 2.31 bits per heavy atom. The molecule has 0 saturated heterocycles. The van der Waals surface area contributed by atoms with Gasteiger partial charge in [-0.05, 0) is 32.9 Å². The summed E-state index contributed by atoms with van der Waals surface area (Å²) in [6.45, 7) is 5.05. The number of para-hydroxylation sites is 1. The monoisotopic (exact) mass is 218 g/mol. The molecule has 0 unspecified atom stereocenters. The van der Waals surface area contributed by atoms with Crippen LogP contribution < -0.4 is 4.74 Å². The number of carbonyl (C=O) groups is 2. The third kappa shape index (κ3) is 3.35. The molecular weight excluding hydrogens is 204 g/mol. The normalized spacial score (nSPS) is 9.44. The fraction of sp³-hybridized carbons (Fsp3) is 0.231. The van der Waals surface area contributed by atoms with Crippen molar-refractivity contribution >= 4 is 11.8 Å². The van der Waals surface area contributed by atoms with Crippen LogP contribution >= 0.6 is 0 Å². The second-order valence-corrected chi connectivity index (χ2v) is 3.70. The third-order valence-corrected chi connectivity index (χ3v) is 1.88. The molecule has 0 amide bonds. The molecule has 3 nitrogen and oxygen atoms in total. The second kappa shape index (κ2) is 5.26. The Labute approximate surface area is 94.7 Å². The average Bonchev–Trinajstić information content (AvgIpc) is 2.16. The van der Waals surface area contributed by atoms with Crippen LogP contribution in [0.2, 0.25) is 0 Å². The van der Waals surface area contributed by atoms with E-state index in [-0.39, 0.29) is 5.78 Å². The van der Waals surface area contributed by atoms with Gasteiger partial charge >= 0.3 is 5.97 Å². The highest BCUT2D eigenvalue weighted by atomic mass is 16.5. The smallest absolute Gasteiger partial charge is 0.336 e. The predicted molar refractivity (Wildman–Crippen MR) is 61.5 cm³/mol. The maximum absolute atomic E-state index is 11.4. The quantitative estimate of drug-likeness (QED) is 0.339. The summed E-state index contributed by atoms with van der Waals surface area (Å²) in [4.78, 5) is 22.7. The fourth-order valence-corrected chi connectivity index (χ4v) is 1.22. The van der Waals surface area contributed by atoms with Gasteiger partial charge in [-0.2, -0.15) is 0 Å². The highest BCUT2D eigenvalue weighted by molar-refractivity contribution is 5.98. The SMILES string of the molecule is CC(=O)c1ccccc1OC(=O)C=C(C)C. The van der Waals surface area contributed by atoms with Crippen LogP contribution in [0.1, 0.15) is 31.1 Å². The number of ether oxygens (including phenoxy) is 1. The lowest BCUT2D eigenvalue weighted by Crippen LogP contribution is -2.07. The molecule has 0 aliphatic rings. The number of carbonyl (C=O) groups excluding carboxylic acids is 2. The van der Waals surface area contributed by atoms with E-state index in [1.807, 2.05) is 0 Å². The first-order chi connectivity index (χ1) is 7.50. The lowest BCUT2D eigenvalue weighted by atomic mass is 10.1. The molecule has 0 spiro atoms. The fourth-order valence-electron chi connectivity index (χ4n) is 1.22. The third-order valence-electron chi connectivity index (χ3n) is 1.88. The number of hydrogen-bond acceptors (Lipinski definition) is 3. The van der Waals surface area contributed by atoms with Crippen molar-refractivity contribution in [3.63, 3.8) is 0 Å². The van der Waals surface area contributed by atoms with Crippen molar-refractivity contribution < 1.29 is 14.3 Å². The Morgan fingerprint density at radius 2 is 1.75 bits per heavy atom. The summed E-state index contributed by atoms with van der Waals surface area (Å²) in [5, 5.41) is 0. The highest BCUT2D eigenvalue weighted by Crippen LogP contribution is 2.18. The maximum atomic E-state index is 11.4. The van der Waals surface area contributed by atoms with E-state index in [1.165, 1.54) is 13.0 Å². The summed E-state index contributed by atoms with van der Waals surface area (Å²) < 4.78 is 5.08. The van der Waals surface area contributed by atoms with Gasteiger partial charge in [0.05, 0.1) is 5.56 Å². The minimum atomic E-state index is -0.464. The Kier molecular flexibility index (Phi) is 4.00. The second-order valence-electron chi connectivity index (χ2n) is 3.70. The molecule has 0 N–H and O–H groups in total. The minimum absolute atomic E-state index is 0.124. The van der Waals surface area contributed by atoms with Gasteiger partial charge in [-0.25, -0.2) is 4.79 Å². The minimum Gasteiger partial charge on any atom is -0.423 e. The van der Waals surface area contributed by atoms with Crippen molar-refractivity contribution in [3.05, 3.63) is 41.5 Å². The first-order valence-corrected chi connectivity index (χ1v) is 4.97. The Balaban J connectivity index is 2.93. The molecule has 1 aromatic rings. The maximum Gasteiger partial charge on any atom is 0.336 e. The highest BCUT2D eigenvalue weighted by Gasteiger charge is 2.09. The van der Waals surface area contributed by atoms with Crippen molar-refractivity contribution in [1.82, 2.24) is 0 Å². The average molecular weight is 218 g/mol. The van der Waals surface area contributed by atoms with Crippen molar-refractivity contribution in [2.24, 2.45) is 0 Å². The Hall–Kier alpha value is -1.90. The van der Waals surface area contributed by atoms with Gasteiger partial charge in [-0.1, -0.05) is 17.7 Å². The zero-order valence-corrected chi connectivity index (χ0v) is 9.61. The van der Waals surface area contributed by atoms with E-state index in [9.17, 15) is 9.59 Å². The summed E-state index contributed by atoms with van der Waals surface area (Å²) in [5.74, 6) is -0.285. The van der Waals surface area contributed by atoms with Crippen LogP contribution in [0.25, 0.3) is 0 Å². The van der Waals surface area contributed by atoms with Gasteiger partial charge in [0.25, 0.3) is 0 Å². The summed E-state index contributed by atoms with van der Waals surface area (Å²) in [6.07, 6.45) is 1.39. The molecular formula is C13H14O3. The predicted octanol–water partition coefficient (Wildman–Crippen LogP) is 2.76. The van der Waals surface area contributed by atoms with Crippen LogP contribution in [-0.4, -0.2) is 11.8 Å². The number of allylic oxidation sites excluding steroid dienone is 1. The largest absolute Gasteiger partial charge is 0.423 e. The molecule has 0 aliphatic carbocycles. The van der Waals surface area contributed by atoms with Gasteiger partial charge in [0, 0.05) is 6.08 Å². The van der Waals surface area contributed by atoms with E-state index < -0.39 is 5.97 Å². The number of Topliss-reactive ketones (excluding diaryl/α,β-unsaturated/α-hetero) is 1. The molecule has 16 heavy (non-hydrogen) atoms. The van der Waals surface area contributed by atoms with Crippen LogP contribution in [0.4, 0.5) is 0 Å². The summed E-state index contributed by atoms with van der Waals surface area (Å²) in [7, 11) is 0. The van der Waals surface area contributed by atoms with E-state index in [4.69, 9.17) is 4.74 Å². The Morgan fingerprint density at radius 1 is 1.12 bits per heavy atom. The van der Waals surface area contributed by atoms with E-state index in [0.717, 1.165) is 5.57 Å². The molecule has 0 atom stereocenters. The van der Waals surface area contributed by atoms with E-state index >= 15 is 0 Å². The van der Waals surface area contributed by atoms with Crippen molar-refractivity contribution in [2.45, 2.75) is 20.8 Å². The van der Waals surface area contributed by atoms with Crippen LogP contribution in [-0.2, 0) is 4.79 Å². The van der Waals surface area contributed by atoms with E-state index in [1.54, 1.807) is 38.1 Å². The van der Waals surface area contributed by atoms with Gasteiger partial charge < -0.3 is 4.74 Å². The van der Waals surface area contributed by atoms with Gasteiger partial charge in [0.1, 0.15) is 5.75 Å². The number of rotatable bonds is 3. The number of ketones is 1. The molecule has 0 heterocycles. The molecule has 0 radical (unpaired) electrons. The molecule has 1 aromatic carbocycles. The molecule has 0 aromatic heterocycles. The van der Waals surface area contributed by atoms with Crippen molar-refractivity contribution in [3.8, 4) is 5.75 Å². The topological polar surface area (TPSA) is 43.4 Å². The zero-order valence-electron chi connectivity index (χ0n) is 9.61. The summed E-state index contributed by atoms with van der Waals surface area (Å²) in [6, 6.07) is 6.69. The summed E-state index contributed by atoms with van der Waals surface area (Å²) in [5.41, 5.74) is 1.27. The Bertz CT molecular complexity index is 440. The molecule has 0 fully saturated rings. The lowest BCUT2D eigenvalue weighted by Gasteiger charge is -2.05. The molecule has 0 saturated carbocycles. The van der Waals surface area contributed by atoms with Gasteiger partial charge in [-0.3, -0.25) is 4.79 Å². The summed E-state index contributed by atoms with van der Waals surface area (Å²) >= 11 is 0. The van der Waals surface area contributed by atoms with Gasteiger partial charge in [-0.15, -0.1) is 0 Å².